The zero-order chi connectivity index (χ0) is 12.1. The van der Waals surface area contributed by atoms with Crippen LogP contribution >= 0.6 is 0 Å². The summed E-state index contributed by atoms with van der Waals surface area (Å²) in [7, 11) is 1.97. The summed E-state index contributed by atoms with van der Waals surface area (Å²) in [5.41, 5.74) is 1.55. The Morgan fingerprint density at radius 2 is 2.12 bits per heavy atom. The van der Waals surface area contributed by atoms with E-state index in [-0.39, 0.29) is 12.4 Å². The molecule has 0 aliphatic carbocycles. The maximum absolute atomic E-state index is 13.0. The van der Waals surface area contributed by atoms with Crippen molar-refractivity contribution in [3.63, 3.8) is 0 Å². The number of anilines is 1. The normalized spacial score (nSPS) is 12.6. The maximum atomic E-state index is 13.0. The molecular weight excluding hydrogens is 205 g/mol. The van der Waals surface area contributed by atoms with Gasteiger partial charge in [-0.3, -0.25) is 0 Å². The van der Waals surface area contributed by atoms with Crippen LogP contribution in [-0.2, 0) is 6.61 Å². The minimum atomic E-state index is -0.301. The van der Waals surface area contributed by atoms with Crippen LogP contribution in [0.1, 0.15) is 25.8 Å². The Kier molecular flexibility index (Phi) is 4.74. The molecular formula is C13H20FNO. The molecule has 0 radical (unpaired) electrons. The Balaban J connectivity index is 2.85. The van der Waals surface area contributed by atoms with Gasteiger partial charge in [-0.15, -0.1) is 0 Å². The average molecular weight is 225 g/mol. The second-order valence-corrected chi connectivity index (χ2v) is 4.33. The minimum Gasteiger partial charge on any atom is -0.392 e. The van der Waals surface area contributed by atoms with Crippen molar-refractivity contribution < 1.29 is 9.50 Å². The lowest BCUT2D eigenvalue weighted by Crippen LogP contribution is -2.24. The van der Waals surface area contributed by atoms with Gasteiger partial charge in [0.05, 0.1) is 6.61 Å². The van der Waals surface area contributed by atoms with Gasteiger partial charge in [0.2, 0.25) is 0 Å². The maximum Gasteiger partial charge on any atom is 0.123 e. The van der Waals surface area contributed by atoms with Crippen molar-refractivity contribution >= 4 is 5.69 Å². The molecule has 0 spiro atoms. The highest BCUT2D eigenvalue weighted by Crippen LogP contribution is 2.22. The van der Waals surface area contributed by atoms with Crippen LogP contribution in [0.25, 0.3) is 0 Å². The van der Waals surface area contributed by atoms with Crippen molar-refractivity contribution in [3.05, 3.63) is 29.6 Å². The van der Waals surface area contributed by atoms with Crippen molar-refractivity contribution in [3.8, 4) is 0 Å². The standard InChI is InChI=1S/C13H20FNO/c1-4-10(2)8-15(3)13-6-5-12(14)7-11(13)9-16/h5-7,10,16H,4,8-9H2,1-3H3. The van der Waals surface area contributed by atoms with Crippen LogP contribution in [0.3, 0.4) is 0 Å². The molecule has 3 heteroatoms. The van der Waals surface area contributed by atoms with Crippen molar-refractivity contribution in [2.45, 2.75) is 26.9 Å². The predicted molar refractivity (Wildman–Crippen MR) is 65.0 cm³/mol. The highest BCUT2D eigenvalue weighted by atomic mass is 19.1. The number of benzene rings is 1. The van der Waals surface area contributed by atoms with Crippen LogP contribution in [0.4, 0.5) is 10.1 Å². The smallest absolute Gasteiger partial charge is 0.123 e. The summed E-state index contributed by atoms with van der Waals surface area (Å²) in [4.78, 5) is 2.07. The first kappa shape index (κ1) is 13.0. The molecule has 0 aliphatic heterocycles. The van der Waals surface area contributed by atoms with Crippen LogP contribution in [0, 0.1) is 11.7 Å². The summed E-state index contributed by atoms with van der Waals surface area (Å²) in [6, 6.07) is 4.55. The summed E-state index contributed by atoms with van der Waals surface area (Å²) in [6.07, 6.45) is 1.11. The van der Waals surface area contributed by atoms with E-state index in [4.69, 9.17) is 0 Å². The van der Waals surface area contributed by atoms with Crippen molar-refractivity contribution in [1.29, 1.82) is 0 Å². The van der Waals surface area contributed by atoms with Gasteiger partial charge in [-0.2, -0.15) is 0 Å². The molecule has 0 fully saturated rings. The van der Waals surface area contributed by atoms with E-state index in [2.05, 4.69) is 18.7 Å². The molecule has 0 amide bonds. The zero-order valence-corrected chi connectivity index (χ0v) is 10.2. The van der Waals surface area contributed by atoms with Crippen LogP contribution < -0.4 is 4.90 Å². The summed E-state index contributed by atoms with van der Waals surface area (Å²) in [6.45, 7) is 5.11. The van der Waals surface area contributed by atoms with Gasteiger partial charge in [-0.1, -0.05) is 20.3 Å². The van der Waals surface area contributed by atoms with Crippen LogP contribution in [-0.4, -0.2) is 18.7 Å². The molecule has 0 aliphatic rings. The van der Waals surface area contributed by atoms with Gasteiger partial charge in [-0.05, 0) is 24.1 Å². The predicted octanol–water partition coefficient (Wildman–Crippen LogP) is 2.80. The highest BCUT2D eigenvalue weighted by molar-refractivity contribution is 5.53. The molecule has 1 unspecified atom stereocenters. The topological polar surface area (TPSA) is 23.5 Å². The zero-order valence-electron chi connectivity index (χ0n) is 10.2. The van der Waals surface area contributed by atoms with Crippen molar-refractivity contribution in [2.24, 2.45) is 5.92 Å². The quantitative estimate of drug-likeness (QED) is 0.833. The molecule has 2 nitrogen and oxygen atoms in total. The second kappa shape index (κ2) is 5.85. The third-order valence-corrected chi connectivity index (χ3v) is 2.91. The van der Waals surface area contributed by atoms with E-state index in [0.29, 0.717) is 11.5 Å². The monoisotopic (exact) mass is 225 g/mol. The lowest BCUT2D eigenvalue weighted by Gasteiger charge is -2.24. The number of rotatable bonds is 5. The van der Waals surface area contributed by atoms with E-state index in [1.165, 1.54) is 12.1 Å². The van der Waals surface area contributed by atoms with Crippen molar-refractivity contribution in [1.82, 2.24) is 0 Å². The molecule has 1 rings (SSSR count). The molecule has 1 aromatic rings. The lowest BCUT2D eigenvalue weighted by atomic mass is 10.1. The van der Waals surface area contributed by atoms with E-state index in [0.717, 1.165) is 18.7 Å². The van der Waals surface area contributed by atoms with Crippen LogP contribution in [0.2, 0.25) is 0 Å². The number of hydrogen-bond donors (Lipinski definition) is 1. The Labute approximate surface area is 96.7 Å². The van der Waals surface area contributed by atoms with E-state index < -0.39 is 0 Å². The van der Waals surface area contributed by atoms with Crippen LogP contribution in [0.15, 0.2) is 18.2 Å². The first-order valence-corrected chi connectivity index (χ1v) is 5.68. The van der Waals surface area contributed by atoms with Gasteiger partial charge >= 0.3 is 0 Å². The van der Waals surface area contributed by atoms with Gasteiger partial charge in [0.15, 0.2) is 0 Å². The van der Waals surface area contributed by atoms with Gasteiger partial charge in [0.25, 0.3) is 0 Å². The second-order valence-electron chi connectivity index (χ2n) is 4.33. The molecule has 1 atom stereocenters. The molecule has 0 aromatic heterocycles. The number of halogens is 1. The lowest BCUT2D eigenvalue weighted by molar-refractivity contribution is 0.281. The number of aliphatic hydroxyl groups is 1. The third kappa shape index (κ3) is 3.20. The Morgan fingerprint density at radius 1 is 1.44 bits per heavy atom. The fourth-order valence-electron chi connectivity index (χ4n) is 1.75. The third-order valence-electron chi connectivity index (χ3n) is 2.91. The molecule has 0 saturated carbocycles. The Bertz CT molecular complexity index is 341. The largest absolute Gasteiger partial charge is 0.392 e. The first-order chi connectivity index (χ1) is 7.58. The first-order valence-electron chi connectivity index (χ1n) is 5.68. The molecule has 16 heavy (non-hydrogen) atoms. The van der Waals surface area contributed by atoms with E-state index in [1.54, 1.807) is 6.07 Å². The van der Waals surface area contributed by atoms with E-state index in [9.17, 15) is 9.50 Å². The fourth-order valence-corrected chi connectivity index (χ4v) is 1.75. The Hall–Kier alpha value is -1.09. The van der Waals surface area contributed by atoms with Gasteiger partial charge < -0.3 is 10.0 Å². The summed E-state index contributed by atoms with van der Waals surface area (Å²) in [5.74, 6) is 0.284. The fraction of sp³-hybridized carbons (Fsp3) is 0.538. The molecule has 0 saturated heterocycles. The Morgan fingerprint density at radius 3 is 2.69 bits per heavy atom. The minimum absolute atomic E-state index is 0.127. The number of hydrogen-bond acceptors (Lipinski definition) is 2. The highest BCUT2D eigenvalue weighted by Gasteiger charge is 2.10. The molecule has 0 bridgehead atoms. The number of nitrogens with zero attached hydrogens (tertiary/aromatic N) is 1. The van der Waals surface area contributed by atoms with Crippen LogP contribution in [0.5, 0.6) is 0 Å². The van der Waals surface area contributed by atoms with Gasteiger partial charge in [-0.25, -0.2) is 4.39 Å². The SMILES string of the molecule is CCC(C)CN(C)c1ccc(F)cc1CO. The average Bonchev–Trinajstić information content (AvgIpc) is 2.28. The van der Waals surface area contributed by atoms with E-state index >= 15 is 0 Å². The molecule has 1 N–H and O–H groups in total. The summed E-state index contributed by atoms with van der Waals surface area (Å²) >= 11 is 0. The summed E-state index contributed by atoms with van der Waals surface area (Å²) < 4.78 is 13.0. The van der Waals surface area contributed by atoms with Gasteiger partial charge in [0.1, 0.15) is 5.82 Å². The number of aliphatic hydroxyl groups excluding tert-OH is 1. The molecule has 90 valence electrons. The van der Waals surface area contributed by atoms with E-state index in [1.807, 2.05) is 7.05 Å². The summed E-state index contributed by atoms with van der Waals surface area (Å²) in [5, 5.41) is 9.19. The molecule has 0 heterocycles. The molecule has 1 aromatic carbocycles. The van der Waals surface area contributed by atoms with Gasteiger partial charge in [0, 0.05) is 24.8 Å². The van der Waals surface area contributed by atoms with Crippen molar-refractivity contribution in [2.75, 3.05) is 18.5 Å².